The minimum atomic E-state index is -3.58. The van der Waals surface area contributed by atoms with Crippen LogP contribution in [0.4, 0.5) is 5.69 Å². The molecule has 1 aromatic rings. The molecule has 0 aromatic heterocycles. The first-order valence-corrected chi connectivity index (χ1v) is 9.88. The predicted molar refractivity (Wildman–Crippen MR) is 106 cm³/mol. The standard InChI is InChI=1S/C17H26N4O4S.ClH/c1-11(2)16(18)17(23)19-10-15(22)21-8-7-12-5-6-13(9-14(12)21)26(24,25)20(3)4;/h5-6,9,11,16H,7-8,10,18H2,1-4H3,(H,19,23);1H/t16-;/m0./s1. The second kappa shape index (κ2) is 9.01. The number of benzene rings is 1. The highest BCUT2D eigenvalue weighted by molar-refractivity contribution is 7.89. The van der Waals surface area contributed by atoms with Gasteiger partial charge in [0.2, 0.25) is 21.8 Å². The number of carbonyl (C=O) groups is 2. The molecule has 1 aliphatic heterocycles. The van der Waals surface area contributed by atoms with E-state index in [9.17, 15) is 18.0 Å². The zero-order valence-electron chi connectivity index (χ0n) is 15.9. The van der Waals surface area contributed by atoms with Crippen molar-refractivity contribution < 1.29 is 18.0 Å². The number of nitrogens with two attached hydrogens (primary N) is 1. The van der Waals surface area contributed by atoms with Gasteiger partial charge in [-0.15, -0.1) is 12.4 Å². The molecular weight excluding hydrogens is 392 g/mol. The van der Waals surface area contributed by atoms with Crippen LogP contribution in [-0.2, 0) is 26.0 Å². The van der Waals surface area contributed by atoms with E-state index in [4.69, 9.17) is 5.73 Å². The number of sulfonamides is 1. The number of nitrogens with zero attached hydrogens (tertiary/aromatic N) is 2. The van der Waals surface area contributed by atoms with Crippen molar-refractivity contribution in [1.82, 2.24) is 9.62 Å². The fourth-order valence-corrected chi connectivity index (χ4v) is 3.59. The van der Waals surface area contributed by atoms with E-state index < -0.39 is 16.1 Å². The van der Waals surface area contributed by atoms with Crippen LogP contribution in [0.5, 0.6) is 0 Å². The van der Waals surface area contributed by atoms with Crippen molar-refractivity contribution in [1.29, 1.82) is 0 Å². The van der Waals surface area contributed by atoms with E-state index in [1.54, 1.807) is 12.1 Å². The van der Waals surface area contributed by atoms with Gasteiger partial charge >= 0.3 is 0 Å². The summed E-state index contributed by atoms with van der Waals surface area (Å²) in [5.74, 6) is -0.708. The number of amides is 2. The molecule has 1 atom stereocenters. The lowest BCUT2D eigenvalue weighted by Gasteiger charge is -2.20. The van der Waals surface area contributed by atoms with Gasteiger partial charge in [-0.25, -0.2) is 12.7 Å². The summed E-state index contributed by atoms with van der Waals surface area (Å²) in [5.41, 5.74) is 7.24. The Hall–Kier alpha value is -1.68. The Morgan fingerprint density at radius 2 is 1.93 bits per heavy atom. The Kier molecular flexibility index (Phi) is 7.79. The second-order valence-electron chi connectivity index (χ2n) is 6.86. The normalized spacial score (nSPS) is 14.7. The van der Waals surface area contributed by atoms with Gasteiger partial charge in [-0.3, -0.25) is 9.59 Å². The van der Waals surface area contributed by atoms with Crippen molar-refractivity contribution in [3.05, 3.63) is 23.8 Å². The molecule has 0 saturated heterocycles. The predicted octanol–water partition coefficient (Wildman–Crippen LogP) is 0.347. The lowest BCUT2D eigenvalue weighted by atomic mass is 10.1. The highest BCUT2D eigenvalue weighted by Crippen LogP contribution is 2.31. The van der Waals surface area contributed by atoms with Gasteiger partial charge in [-0.1, -0.05) is 19.9 Å². The Morgan fingerprint density at radius 3 is 2.48 bits per heavy atom. The number of hydrogen-bond acceptors (Lipinski definition) is 5. The number of rotatable bonds is 6. The number of carbonyl (C=O) groups excluding carboxylic acids is 2. The van der Waals surface area contributed by atoms with Gasteiger partial charge in [0.05, 0.1) is 17.5 Å². The van der Waals surface area contributed by atoms with E-state index in [2.05, 4.69) is 5.32 Å². The Morgan fingerprint density at radius 1 is 1.30 bits per heavy atom. The molecule has 8 nitrogen and oxygen atoms in total. The lowest BCUT2D eigenvalue weighted by Crippen LogP contribution is -2.47. The lowest BCUT2D eigenvalue weighted by molar-refractivity contribution is -0.126. The van der Waals surface area contributed by atoms with Crippen LogP contribution in [0.15, 0.2) is 23.1 Å². The zero-order chi connectivity index (χ0) is 19.6. The zero-order valence-corrected chi connectivity index (χ0v) is 17.6. The van der Waals surface area contributed by atoms with Crippen LogP contribution in [-0.4, -0.2) is 57.8 Å². The average Bonchev–Trinajstić information content (AvgIpc) is 3.01. The maximum atomic E-state index is 12.5. The molecule has 0 spiro atoms. The summed E-state index contributed by atoms with van der Waals surface area (Å²) in [7, 11) is -0.670. The van der Waals surface area contributed by atoms with Crippen molar-refractivity contribution in [2.24, 2.45) is 11.7 Å². The van der Waals surface area contributed by atoms with Crippen molar-refractivity contribution in [3.8, 4) is 0 Å². The molecule has 0 saturated carbocycles. The van der Waals surface area contributed by atoms with E-state index in [-0.39, 0.29) is 41.6 Å². The fraction of sp³-hybridized carbons (Fsp3) is 0.529. The highest BCUT2D eigenvalue weighted by Gasteiger charge is 2.28. The Balaban J connectivity index is 0.00000364. The molecule has 0 fully saturated rings. The SMILES string of the molecule is CC(C)[C@H](N)C(=O)NCC(=O)N1CCc2ccc(S(=O)(=O)N(C)C)cc21.Cl. The highest BCUT2D eigenvalue weighted by atomic mass is 35.5. The minimum absolute atomic E-state index is 0. The van der Waals surface area contributed by atoms with Gasteiger partial charge in [0.1, 0.15) is 0 Å². The number of halogens is 1. The summed E-state index contributed by atoms with van der Waals surface area (Å²) in [5, 5.41) is 2.55. The molecule has 0 aliphatic carbocycles. The van der Waals surface area contributed by atoms with Crippen LogP contribution in [0.3, 0.4) is 0 Å². The molecule has 1 aliphatic rings. The molecule has 27 heavy (non-hydrogen) atoms. The molecule has 0 unspecified atom stereocenters. The van der Waals surface area contributed by atoms with Crippen LogP contribution in [0.25, 0.3) is 0 Å². The molecule has 152 valence electrons. The first kappa shape index (κ1) is 23.4. The first-order chi connectivity index (χ1) is 12.1. The molecule has 1 heterocycles. The molecule has 10 heteroatoms. The maximum absolute atomic E-state index is 12.5. The third-order valence-electron chi connectivity index (χ3n) is 4.47. The summed E-state index contributed by atoms with van der Waals surface area (Å²) in [6.07, 6.45) is 0.642. The van der Waals surface area contributed by atoms with Crippen LogP contribution in [0, 0.1) is 5.92 Å². The van der Waals surface area contributed by atoms with Crippen molar-refractivity contribution in [2.45, 2.75) is 31.2 Å². The van der Waals surface area contributed by atoms with E-state index in [1.165, 1.54) is 25.1 Å². The fourth-order valence-electron chi connectivity index (χ4n) is 2.67. The quantitative estimate of drug-likeness (QED) is 0.692. The third kappa shape index (κ3) is 4.98. The number of anilines is 1. The van der Waals surface area contributed by atoms with E-state index in [0.29, 0.717) is 18.7 Å². The van der Waals surface area contributed by atoms with Gasteiger partial charge in [0, 0.05) is 26.3 Å². The smallest absolute Gasteiger partial charge is 0.246 e. The van der Waals surface area contributed by atoms with Gasteiger partial charge < -0.3 is 16.0 Å². The maximum Gasteiger partial charge on any atom is 0.246 e. The molecule has 2 rings (SSSR count). The Labute approximate surface area is 166 Å². The molecule has 3 N–H and O–H groups in total. The van der Waals surface area contributed by atoms with E-state index in [0.717, 1.165) is 9.87 Å². The van der Waals surface area contributed by atoms with Gasteiger partial charge in [-0.05, 0) is 30.0 Å². The summed E-state index contributed by atoms with van der Waals surface area (Å²) in [4.78, 5) is 26.1. The van der Waals surface area contributed by atoms with Crippen LogP contribution >= 0.6 is 12.4 Å². The average molecular weight is 419 g/mol. The summed E-state index contributed by atoms with van der Waals surface area (Å²) < 4.78 is 25.8. The van der Waals surface area contributed by atoms with Crippen molar-refractivity contribution >= 4 is 39.9 Å². The summed E-state index contributed by atoms with van der Waals surface area (Å²) >= 11 is 0. The largest absolute Gasteiger partial charge is 0.346 e. The molecule has 1 aromatic carbocycles. The van der Waals surface area contributed by atoms with Crippen molar-refractivity contribution in [3.63, 3.8) is 0 Å². The molecule has 0 radical (unpaired) electrons. The number of fused-ring (bicyclic) bond motifs is 1. The van der Waals surface area contributed by atoms with Crippen LogP contribution in [0.1, 0.15) is 19.4 Å². The third-order valence-corrected chi connectivity index (χ3v) is 6.28. The number of nitrogens with one attached hydrogen (secondary N) is 1. The first-order valence-electron chi connectivity index (χ1n) is 8.44. The molecular formula is C17H27ClN4O4S. The minimum Gasteiger partial charge on any atom is -0.346 e. The van der Waals surface area contributed by atoms with Gasteiger partial charge in [0.15, 0.2) is 0 Å². The topological polar surface area (TPSA) is 113 Å². The summed E-state index contributed by atoms with van der Waals surface area (Å²) in [6.45, 7) is 3.93. The van der Waals surface area contributed by atoms with Crippen LogP contribution < -0.4 is 16.0 Å². The molecule has 0 bridgehead atoms. The van der Waals surface area contributed by atoms with E-state index >= 15 is 0 Å². The molecule has 2 amide bonds. The second-order valence-corrected chi connectivity index (χ2v) is 9.01. The van der Waals surface area contributed by atoms with Gasteiger partial charge in [-0.2, -0.15) is 0 Å². The Bertz CT molecular complexity index is 811. The summed E-state index contributed by atoms with van der Waals surface area (Å²) in [6, 6.07) is 4.11. The van der Waals surface area contributed by atoms with Crippen LogP contribution in [0.2, 0.25) is 0 Å². The van der Waals surface area contributed by atoms with Gasteiger partial charge in [0.25, 0.3) is 0 Å². The monoisotopic (exact) mass is 418 g/mol. The number of hydrogen-bond donors (Lipinski definition) is 2. The van der Waals surface area contributed by atoms with E-state index in [1.807, 2.05) is 13.8 Å². The van der Waals surface area contributed by atoms with Crippen molar-refractivity contribution in [2.75, 3.05) is 32.1 Å².